The highest BCUT2D eigenvalue weighted by molar-refractivity contribution is 5.82. The molecule has 2 aliphatic rings. The molecule has 1 amide bonds. The quantitative estimate of drug-likeness (QED) is 0.680. The van der Waals surface area contributed by atoms with Gasteiger partial charge in [0.15, 0.2) is 0 Å². The maximum Gasteiger partial charge on any atom is 0.238 e. The minimum Gasteiger partial charge on any atom is -0.493 e. The lowest BCUT2D eigenvalue weighted by molar-refractivity contribution is -0.123. The summed E-state index contributed by atoms with van der Waals surface area (Å²) in [6.45, 7) is 1.83. The summed E-state index contributed by atoms with van der Waals surface area (Å²) < 4.78 is 10.4. The molecule has 0 bridgehead atoms. The van der Waals surface area contributed by atoms with Crippen molar-refractivity contribution in [3.8, 4) is 5.75 Å². The topological polar surface area (TPSA) is 71.6 Å². The molecular weight excluding hydrogens is 270 g/mol. The smallest absolute Gasteiger partial charge is 0.238 e. The van der Waals surface area contributed by atoms with Crippen LogP contribution in [0.1, 0.15) is 23.6 Å². The zero-order valence-corrected chi connectivity index (χ0v) is 12.1. The average molecular weight is 291 g/mol. The summed E-state index contributed by atoms with van der Waals surface area (Å²) in [4.78, 5) is 12.0. The SMILES string of the molecule is COCCNC(=O)C1CC(c2ccc3c(c2)CCO3)NN1. The van der Waals surface area contributed by atoms with Gasteiger partial charge < -0.3 is 14.8 Å². The van der Waals surface area contributed by atoms with Crippen LogP contribution < -0.4 is 20.9 Å². The van der Waals surface area contributed by atoms with Crippen LogP contribution in [0.5, 0.6) is 5.75 Å². The molecule has 1 saturated heterocycles. The molecule has 0 aromatic heterocycles. The summed E-state index contributed by atoms with van der Waals surface area (Å²) in [6, 6.07) is 6.19. The molecule has 2 aliphatic heterocycles. The monoisotopic (exact) mass is 291 g/mol. The fraction of sp³-hybridized carbons (Fsp3) is 0.533. The van der Waals surface area contributed by atoms with Crippen molar-refractivity contribution >= 4 is 5.91 Å². The summed E-state index contributed by atoms with van der Waals surface area (Å²) in [5.41, 5.74) is 8.71. The fourth-order valence-corrected chi connectivity index (χ4v) is 2.77. The van der Waals surface area contributed by atoms with Gasteiger partial charge in [0.2, 0.25) is 5.91 Å². The first-order valence-corrected chi connectivity index (χ1v) is 7.31. The van der Waals surface area contributed by atoms with Gasteiger partial charge in [-0.05, 0) is 23.6 Å². The molecule has 21 heavy (non-hydrogen) atoms. The second-order valence-corrected chi connectivity index (χ2v) is 5.38. The third kappa shape index (κ3) is 3.18. The summed E-state index contributed by atoms with van der Waals surface area (Å²) in [6.07, 6.45) is 1.70. The zero-order chi connectivity index (χ0) is 14.7. The molecule has 114 valence electrons. The number of amides is 1. The molecule has 2 heterocycles. The summed E-state index contributed by atoms with van der Waals surface area (Å²) in [5.74, 6) is 0.991. The normalized spacial score (nSPS) is 23.7. The van der Waals surface area contributed by atoms with Gasteiger partial charge in [0.25, 0.3) is 0 Å². The van der Waals surface area contributed by atoms with Crippen LogP contribution in [0, 0.1) is 0 Å². The van der Waals surface area contributed by atoms with Crippen LogP contribution in [-0.4, -0.2) is 38.8 Å². The number of ether oxygens (including phenoxy) is 2. The number of fused-ring (bicyclic) bond motifs is 1. The molecule has 0 spiro atoms. The molecule has 6 nitrogen and oxygen atoms in total. The number of hydrazine groups is 1. The first-order valence-electron chi connectivity index (χ1n) is 7.31. The van der Waals surface area contributed by atoms with Crippen LogP contribution >= 0.6 is 0 Å². The molecular formula is C15H21N3O3. The van der Waals surface area contributed by atoms with Crippen molar-refractivity contribution in [1.29, 1.82) is 0 Å². The van der Waals surface area contributed by atoms with Crippen molar-refractivity contribution in [1.82, 2.24) is 16.2 Å². The highest BCUT2D eigenvalue weighted by Gasteiger charge is 2.30. The predicted molar refractivity (Wildman–Crippen MR) is 77.9 cm³/mol. The molecule has 1 aromatic carbocycles. The van der Waals surface area contributed by atoms with E-state index < -0.39 is 0 Å². The molecule has 6 heteroatoms. The van der Waals surface area contributed by atoms with Gasteiger partial charge in [-0.2, -0.15) is 0 Å². The lowest BCUT2D eigenvalue weighted by Crippen LogP contribution is -2.44. The van der Waals surface area contributed by atoms with Crippen molar-refractivity contribution in [3.05, 3.63) is 29.3 Å². The van der Waals surface area contributed by atoms with Crippen LogP contribution in [0.25, 0.3) is 0 Å². The Balaban J connectivity index is 1.58. The Morgan fingerprint density at radius 3 is 3.24 bits per heavy atom. The second-order valence-electron chi connectivity index (χ2n) is 5.38. The van der Waals surface area contributed by atoms with E-state index in [0.717, 1.165) is 25.2 Å². The number of hydrogen-bond donors (Lipinski definition) is 3. The molecule has 1 aromatic rings. The summed E-state index contributed by atoms with van der Waals surface area (Å²) in [5, 5.41) is 2.85. The van der Waals surface area contributed by atoms with Crippen molar-refractivity contribution in [2.75, 3.05) is 26.9 Å². The summed E-state index contributed by atoms with van der Waals surface area (Å²) >= 11 is 0. The third-order valence-electron chi connectivity index (χ3n) is 3.94. The van der Waals surface area contributed by atoms with Crippen LogP contribution in [0.15, 0.2) is 18.2 Å². The van der Waals surface area contributed by atoms with Gasteiger partial charge in [-0.25, -0.2) is 10.9 Å². The number of hydrogen-bond acceptors (Lipinski definition) is 5. The van der Waals surface area contributed by atoms with Crippen LogP contribution in [0.4, 0.5) is 0 Å². The largest absolute Gasteiger partial charge is 0.493 e. The van der Waals surface area contributed by atoms with E-state index in [9.17, 15) is 4.79 Å². The van der Waals surface area contributed by atoms with Crippen LogP contribution in [-0.2, 0) is 16.0 Å². The van der Waals surface area contributed by atoms with E-state index in [2.05, 4.69) is 28.3 Å². The molecule has 2 unspecified atom stereocenters. The maximum absolute atomic E-state index is 12.0. The first kappa shape index (κ1) is 14.3. The predicted octanol–water partition coefficient (Wildman–Crippen LogP) is 0.292. The Labute approximate surface area is 124 Å². The van der Waals surface area contributed by atoms with Gasteiger partial charge in [-0.1, -0.05) is 12.1 Å². The van der Waals surface area contributed by atoms with Gasteiger partial charge in [0.1, 0.15) is 11.8 Å². The lowest BCUT2D eigenvalue weighted by atomic mass is 9.99. The number of benzene rings is 1. The van der Waals surface area contributed by atoms with E-state index in [1.807, 2.05) is 6.07 Å². The minimum absolute atomic E-state index is 0.00606. The van der Waals surface area contributed by atoms with Crippen molar-refractivity contribution in [2.45, 2.75) is 24.9 Å². The molecule has 0 radical (unpaired) electrons. The lowest BCUT2D eigenvalue weighted by Gasteiger charge is -2.11. The highest BCUT2D eigenvalue weighted by Crippen LogP contribution is 2.30. The molecule has 3 N–H and O–H groups in total. The van der Waals surface area contributed by atoms with E-state index in [1.165, 1.54) is 11.1 Å². The van der Waals surface area contributed by atoms with E-state index in [-0.39, 0.29) is 18.0 Å². The van der Waals surface area contributed by atoms with E-state index in [0.29, 0.717) is 13.2 Å². The maximum atomic E-state index is 12.0. The van der Waals surface area contributed by atoms with Gasteiger partial charge in [-0.3, -0.25) is 4.79 Å². The number of carbonyl (C=O) groups excluding carboxylic acids is 1. The molecule has 0 aliphatic carbocycles. The van der Waals surface area contributed by atoms with Gasteiger partial charge in [-0.15, -0.1) is 0 Å². The van der Waals surface area contributed by atoms with E-state index >= 15 is 0 Å². The van der Waals surface area contributed by atoms with Crippen LogP contribution in [0.2, 0.25) is 0 Å². The fourth-order valence-electron chi connectivity index (χ4n) is 2.77. The minimum atomic E-state index is -0.212. The Morgan fingerprint density at radius 2 is 2.38 bits per heavy atom. The van der Waals surface area contributed by atoms with Gasteiger partial charge in [0.05, 0.1) is 13.2 Å². The van der Waals surface area contributed by atoms with E-state index in [1.54, 1.807) is 7.11 Å². The number of methoxy groups -OCH3 is 1. The number of rotatable bonds is 5. The Bertz CT molecular complexity index is 521. The molecule has 2 atom stereocenters. The molecule has 3 rings (SSSR count). The zero-order valence-electron chi connectivity index (χ0n) is 12.1. The standard InChI is InChI=1S/C15H21N3O3/c1-20-7-5-16-15(19)13-9-12(17-18-13)10-2-3-14-11(8-10)4-6-21-14/h2-3,8,12-13,17-18H,4-7,9H2,1H3,(H,16,19). The third-order valence-corrected chi connectivity index (χ3v) is 3.94. The van der Waals surface area contributed by atoms with Crippen molar-refractivity contribution in [3.63, 3.8) is 0 Å². The summed E-state index contributed by atoms with van der Waals surface area (Å²) in [7, 11) is 1.62. The molecule has 0 saturated carbocycles. The van der Waals surface area contributed by atoms with Crippen molar-refractivity contribution < 1.29 is 14.3 Å². The molecule has 1 fully saturated rings. The van der Waals surface area contributed by atoms with E-state index in [4.69, 9.17) is 9.47 Å². The Hall–Kier alpha value is -1.63. The Kier molecular flexibility index (Phi) is 4.38. The van der Waals surface area contributed by atoms with Crippen molar-refractivity contribution in [2.24, 2.45) is 0 Å². The second kappa shape index (κ2) is 6.43. The number of carbonyl (C=O) groups is 1. The highest BCUT2D eigenvalue weighted by atomic mass is 16.5. The van der Waals surface area contributed by atoms with Gasteiger partial charge >= 0.3 is 0 Å². The Morgan fingerprint density at radius 1 is 1.48 bits per heavy atom. The van der Waals surface area contributed by atoms with Gasteiger partial charge in [0, 0.05) is 26.1 Å². The number of nitrogens with one attached hydrogen (secondary N) is 3. The first-order chi connectivity index (χ1) is 10.3. The average Bonchev–Trinajstić information content (AvgIpc) is 3.15. The van der Waals surface area contributed by atoms with Crippen LogP contribution in [0.3, 0.4) is 0 Å².